The maximum absolute atomic E-state index is 6.12. The Hall–Kier alpha value is -0.970. The van der Waals surface area contributed by atoms with Gasteiger partial charge in [0, 0.05) is 10.6 Å². The number of halogens is 2. The normalized spacial score (nSPS) is 12.4. The van der Waals surface area contributed by atoms with Crippen LogP contribution in [0.1, 0.15) is 30.7 Å². The van der Waals surface area contributed by atoms with Crippen LogP contribution in [0.2, 0.25) is 5.02 Å². The van der Waals surface area contributed by atoms with Crippen LogP contribution in [0.3, 0.4) is 0 Å². The molecule has 0 saturated carbocycles. The Labute approximate surface area is 132 Å². The fraction of sp³-hybridized carbons (Fsp3) is 0.333. The van der Waals surface area contributed by atoms with E-state index in [4.69, 9.17) is 20.8 Å². The topological polar surface area (TPSA) is 34.4 Å². The second kappa shape index (κ2) is 7.16. The molecule has 0 aliphatic heterocycles. The third-order valence-corrected chi connectivity index (χ3v) is 3.64. The van der Waals surface area contributed by atoms with Crippen molar-refractivity contribution < 1.29 is 9.15 Å². The number of hydrogen-bond donors (Lipinski definition) is 1. The summed E-state index contributed by atoms with van der Waals surface area (Å²) in [6.07, 6.45) is 1.03. The number of nitrogens with one attached hydrogen (secondary N) is 1. The van der Waals surface area contributed by atoms with Gasteiger partial charge in [0.15, 0.2) is 4.67 Å². The summed E-state index contributed by atoms with van der Waals surface area (Å²) in [6, 6.07) is 9.33. The quantitative estimate of drug-likeness (QED) is 0.806. The van der Waals surface area contributed by atoms with Gasteiger partial charge in [0.25, 0.3) is 0 Å². The molecule has 0 aliphatic carbocycles. The van der Waals surface area contributed by atoms with E-state index in [1.165, 1.54) is 0 Å². The third kappa shape index (κ3) is 3.57. The molecule has 1 atom stereocenters. The molecule has 1 N–H and O–H groups in total. The molecular weight excluding hydrogens is 342 g/mol. The van der Waals surface area contributed by atoms with E-state index >= 15 is 0 Å². The summed E-state index contributed by atoms with van der Waals surface area (Å²) in [5, 5.41) is 4.14. The van der Waals surface area contributed by atoms with Crippen molar-refractivity contribution in [2.24, 2.45) is 0 Å². The summed E-state index contributed by atoms with van der Waals surface area (Å²) in [4.78, 5) is 0. The lowest BCUT2D eigenvalue weighted by Gasteiger charge is -2.19. The molecule has 0 saturated heterocycles. The molecule has 0 aliphatic rings. The van der Waals surface area contributed by atoms with Gasteiger partial charge in [-0.2, -0.15) is 0 Å². The minimum absolute atomic E-state index is 0.0881. The predicted molar refractivity (Wildman–Crippen MR) is 84.5 cm³/mol. The average molecular weight is 359 g/mol. The van der Waals surface area contributed by atoms with E-state index in [0.717, 1.165) is 30.0 Å². The number of methoxy groups -OCH3 is 1. The standard InChI is InChI=1S/C15H17BrClNO2/c1-3-8-18-15(13-6-7-14(16)20-13)11-9-10(17)4-5-12(11)19-2/h4-7,9,15,18H,3,8H2,1-2H3. The molecule has 2 aromatic rings. The summed E-state index contributed by atoms with van der Waals surface area (Å²) in [5.41, 5.74) is 0.968. The molecule has 1 aromatic heterocycles. The molecule has 1 unspecified atom stereocenters. The lowest BCUT2D eigenvalue weighted by Crippen LogP contribution is -2.23. The highest BCUT2D eigenvalue weighted by Gasteiger charge is 2.21. The second-order valence-corrected chi connectivity index (χ2v) is 5.63. The summed E-state index contributed by atoms with van der Waals surface area (Å²) >= 11 is 9.46. The zero-order chi connectivity index (χ0) is 14.5. The van der Waals surface area contributed by atoms with Crippen molar-refractivity contribution in [1.29, 1.82) is 0 Å². The Morgan fingerprint density at radius 2 is 2.15 bits per heavy atom. The van der Waals surface area contributed by atoms with Gasteiger partial charge in [-0.05, 0) is 59.2 Å². The van der Waals surface area contributed by atoms with E-state index in [1.807, 2.05) is 30.3 Å². The van der Waals surface area contributed by atoms with Crippen LogP contribution in [0.15, 0.2) is 39.4 Å². The van der Waals surface area contributed by atoms with Crippen molar-refractivity contribution in [3.8, 4) is 5.75 Å². The zero-order valence-corrected chi connectivity index (χ0v) is 13.8. The van der Waals surface area contributed by atoms with Crippen molar-refractivity contribution in [3.63, 3.8) is 0 Å². The maximum atomic E-state index is 6.12. The molecule has 0 spiro atoms. The third-order valence-electron chi connectivity index (χ3n) is 2.98. The van der Waals surface area contributed by atoms with E-state index in [-0.39, 0.29) is 6.04 Å². The van der Waals surface area contributed by atoms with Gasteiger partial charge in [-0.25, -0.2) is 0 Å². The number of benzene rings is 1. The molecule has 1 heterocycles. The van der Waals surface area contributed by atoms with Crippen LogP contribution in [-0.4, -0.2) is 13.7 Å². The number of rotatable bonds is 6. The van der Waals surface area contributed by atoms with Crippen molar-refractivity contribution >= 4 is 27.5 Å². The van der Waals surface area contributed by atoms with Gasteiger partial charge in [-0.15, -0.1) is 0 Å². The van der Waals surface area contributed by atoms with E-state index < -0.39 is 0 Å². The molecular formula is C15H17BrClNO2. The fourth-order valence-corrected chi connectivity index (χ4v) is 2.57. The highest BCUT2D eigenvalue weighted by Crippen LogP contribution is 2.33. The van der Waals surface area contributed by atoms with Crippen molar-refractivity contribution in [2.45, 2.75) is 19.4 Å². The molecule has 20 heavy (non-hydrogen) atoms. The van der Waals surface area contributed by atoms with Crippen molar-refractivity contribution in [2.75, 3.05) is 13.7 Å². The van der Waals surface area contributed by atoms with E-state index in [2.05, 4.69) is 28.2 Å². The van der Waals surface area contributed by atoms with Crippen LogP contribution in [0.25, 0.3) is 0 Å². The Kier molecular flexibility index (Phi) is 5.52. The van der Waals surface area contributed by atoms with Gasteiger partial charge in [0.05, 0.1) is 13.2 Å². The largest absolute Gasteiger partial charge is 0.496 e. The Bertz CT molecular complexity index is 571. The summed E-state index contributed by atoms with van der Waals surface area (Å²) in [5.74, 6) is 1.61. The molecule has 2 rings (SSSR count). The van der Waals surface area contributed by atoms with E-state index in [9.17, 15) is 0 Å². The van der Waals surface area contributed by atoms with Gasteiger partial charge in [-0.3, -0.25) is 0 Å². The van der Waals surface area contributed by atoms with Crippen LogP contribution in [0.4, 0.5) is 0 Å². The zero-order valence-electron chi connectivity index (χ0n) is 11.5. The van der Waals surface area contributed by atoms with E-state index in [0.29, 0.717) is 9.69 Å². The maximum Gasteiger partial charge on any atom is 0.169 e. The highest BCUT2D eigenvalue weighted by atomic mass is 79.9. The first kappa shape index (κ1) is 15.4. The summed E-state index contributed by atoms with van der Waals surface area (Å²) in [7, 11) is 1.65. The van der Waals surface area contributed by atoms with Crippen molar-refractivity contribution in [1.82, 2.24) is 5.32 Å². The van der Waals surface area contributed by atoms with Gasteiger partial charge in [0.1, 0.15) is 11.5 Å². The van der Waals surface area contributed by atoms with Crippen LogP contribution >= 0.6 is 27.5 Å². The Morgan fingerprint density at radius 3 is 2.75 bits per heavy atom. The average Bonchev–Trinajstić information content (AvgIpc) is 2.86. The van der Waals surface area contributed by atoms with Crippen LogP contribution in [-0.2, 0) is 0 Å². The number of hydrogen-bond acceptors (Lipinski definition) is 3. The van der Waals surface area contributed by atoms with Crippen LogP contribution in [0, 0.1) is 0 Å². The molecule has 5 heteroatoms. The molecule has 3 nitrogen and oxygen atoms in total. The van der Waals surface area contributed by atoms with Gasteiger partial charge >= 0.3 is 0 Å². The second-order valence-electron chi connectivity index (χ2n) is 4.42. The molecule has 1 aromatic carbocycles. The fourth-order valence-electron chi connectivity index (χ4n) is 2.07. The Morgan fingerprint density at radius 1 is 1.35 bits per heavy atom. The molecule has 0 bridgehead atoms. The van der Waals surface area contributed by atoms with Gasteiger partial charge in [-0.1, -0.05) is 18.5 Å². The minimum atomic E-state index is -0.0881. The van der Waals surface area contributed by atoms with Crippen LogP contribution < -0.4 is 10.1 Å². The monoisotopic (exact) mass is 357 g/mol. The lowest BCUT2D eigenvalue weighted by molar-refractivity contribution is 0.389. The molecule has 0 amide bonds. The number of ether oxygens (including phenoxy) is 1. The van der Waals surface area contributed by atoms with Crippen LogP contribution in [0.5, 0.6) is 5.75 Å². The lowest BCUT2D eigenvalue weighted by atomic mass is 10.0. The minimum Gasteiger partial charge on any atom is -0.496 e. The smallest absolute Gasteiger partial charge is 0.169 e. The number of furan rings is 1. The summed E-state index contributed by atoms with van der Waals surface area (Å²) < 4.78 is 11.8. The molecule has 108 valence electrons. The van der Waals surface area contributed by atoms with E-state index in [1.54, 1.807) is 7.11 Å². The molecule has 0 radical (unpaired) electrons. The van der Waals surface area contributed by atoms with Crippen molar-refractivity contribution in [3.05, 3.63) is 51.3 Å². The Balaban J connectivity index is 2.42. The highest BCUT2D eigenvalue weighted by molar-refractivity contribution is 9.10. The summed E-state index contributed by atoms with van der Waals surface area (Å²) in [6.45, 7) is 3.00. The first-order chi connectivity index (χ1) is 9.65. The predicted octanol–water partition coefficient (Wildman–Crippen LogP) is 4.79. The first-order valence-corrected chi connectivity index (χ1v) is 7.64. The SMILES string of the molecule is CCCNC(c1ccc(Br)o1)c1cc(Cl)ccc1OC. The molecule has 0 fully saturated rings. The van der Waals surface area contributed by atoms with Gasteiger partial charge < -0.3 is 14.5 Å². The first-order valence-electron chi connectivity index (χ1n) is 6.47. The van der Waals surface area contributed by atoms with Gasteiger partial charge in [0.2, 0.25) is 0 Å².